The summed E-state index contributed by atoms with van der Waals surface area (Å²) in [4.78, 5) is 25.6. The number of sulfonamides is 1. The Hall–Kier alpha value is -2.95. The molecule has 0 spiro atoms. The summed E-state index contributed by atoms with van der Waals surface area (Å²) in [7, 11) is -4.00. The zero-order valence-corrected chi connectivity index (χ0v) is 16.3. The van der Waals surface area contributed by atoms with E-state index in [1.807, 2.05) is 12.1 Å². The lowest BCUT2D eigenvalue weighted by Gasteiger charge is -2.17. The number of hydrogen-bond donors (Lipinski definition) is 3. The molecule has 1 atom stereocenters. The van der Waals surface area contributed by atoms with E-state index in [0.29, 0.717) is 0 Å². The molecule has 0 aliphatic carbocycles. The largest absolute Gasteiger partial charge is 0.459 e. The molecule has 0 aliphatic rings. The third-order valence-electron chi connectivity index (χ3n) is 3.83. The average molecular weight is 422 g/mol. The highest BCUT2D eigenvalue weighted by Crippen LogP contribution is 2.06. The van der Waals surface area contributed by atoms with Gasteiger partial charge in [-0.25, -0.2) is 18.0 Å². The summed E-state index contributed by atoms with van der Waals surface area (Å²) in [6.07, 6.45) is -1.21. The van der Waals surface area contributed by atoms with Crippen molar-refractivity contribution in [1.82, 2.24) is 10.2 Å². The fourth-order valence-corrected chi connectivity index (χ4v) is 2.94. The van der Waals surface area contributed by atoms with Crippen molar-refractivity contribution in [3.05, 3.63) is 71.8 Å². The zero-order chi connectivity index (χ0) is 21.1. The molecule has 0 fully saturated rings. The molecule has 2 rings (SSSR count). The van der Waals surface area contributed by atoms with E-state index >= 15 is 0 Å². The molecular weight excluding hydrogens is 400 g/mol. The fraction of sp³-hybridized carbons (Fsp3) is 0.263. The van der Waals surface area contributed by atoms with Crippen molar-refractivity contribution in [3.8, 4) is 0 Å². The van der Waals surface area contributed by atoms with Crippen LogP contribution in [-0.2, 0) is 37.5 Å². The van der Waals surface area contributed by atoms with E-state index in [2.05, 4.69) is 5.32 Å². The van der Waals surface area contributed by atoms with Crippen molar-refractivity contribution in [1.29, 1.82) is 0 Å². The summed E-state index contributed by atoms with van der Waals surface area (Å²) in [5, 5.41) is 10.9. The number of rotatable bonds is 10. The minimum Gasteiger partial charge on any atom is -0.459 e. The van der Waals surface area contributed by atoms with Crippen LogP contribution in [-0.4, -0.2) is 37.5 Å². The van der Waals surface area contributed by atoms with Gasteiger partial charge >= 0.3 is 12.1 Å². The smallest absolute Gasteiger partial charge is 0.408 e. The maximum absolute atomic E-state index is 12.4. The van der Waals surface area contributed by atoms with Gasteiger partial charge < -0.3 is 20.0 Å². The van der Waals surface area contributed by atoms with Crippen LogP contribution in [0.1, 0.15) is 17.5 Å². The number of alkyl carbamates (subject to hydrolysis) is 1. The Labute approximate surface area is 168 Å². The van der Waals surface area contributed by atoms with E-state index in [9.17, 15) is 18.0 Å². The number of amides is 1. The first kappa shape index (κ1) is 22.3. The van der Waals surface area contributed by atoms with Gasteiger partial charge in [-0.2, -0.15) is 0 Å². The topological polar surface area (TPSA) is 131 Å². The monoisotopic (exact) mass is 422 g/mol. The van der Waals surface area contributed by atoms with E-state index in [1.165, 1.54) is 4.89 Å². The van der Waals surface area contributed by atoms with Crippen molar-refractivity contribution >= 4 is 22.1 Å². The molecule has 156 valence electrons. The molecule has 0 saturated carbocycles. The lowest BCUT2D eigenvalue weighted by atomic mass is 10.2. The van der Waals surface area contributed by atoms with Crippen LogP contribution in [0.3, 0.4) is 0 Å². The molecular formula is C19H22N2O7S. The minimum atomic E-state index is -4.00. The van der Waals surface area contributed by atoms with Crippen LogP contribution in [0, 0.1) is 0 Å². The highest BCUT2D eigenvalue weighted by Gasteiger charge is 2.25. The first-order valence-electron chi connectivity index (χ1n) is 8.71. The zero-order valence-electron chi connectivity index (χ0n) is 15.5. The van der Waals surface area contributed by atoms with Gasteiger partial charge in [-0.15, -0.1) is 0 Å². The predicted molar refractivity (Wildman–Crippen MR) is 103 cm³/mol. The Morgan fingerprint density at radius 2 is 1.41 bits per heavy atom. The number of carbonyl (C=O) groups is 2. The number of carbonyl (C=O) groups excluding carboxylic acids is 2. The van der Waals surface area contributed by atoms with Gasteiger partial charge in [0.15, 0.2) is 0 Å². The Morgan fingerprint density at radius 3 is 1.93 bits per heavy atom. The Kier molecular flexibility index (Phi) is 8.59. The lowest BCUT2D eigenvalue weighted by Crippen LogP contribution is -2.43. The van der Waals surface area contributed by atoms with E-state index in [1.54, 1.807) is 48.5 Å². The molecule has 1 amide bonds. The SMILES string of the molecule is O=C(N[C@H](CCS(=O)(=O)NO)C(=O)OCc1ccccc1)OCc1ccccc1. The van der Waals surface area contributed by atoms with Crippen molar-refractivity contribution in [2.45, 2.75) is 25.7 Å². The van der Waals surface area contributed by atoms with Crippen LogP contribution in [0.25, 0.3) is 0 Å². The predicted octanol–water partition coefficient (Wildman–Crippen LogP) is 1.72. The summed E-state index contributed by atoms with van der Waals surface area (Å²) in [5.74, 6) is -1.42. The first-order chi connectivity index (χ1) is 13.9. The highest BCUT2D eigenvalue weighted by atomic mass is 32.2. The van der Waals surface area contributed by atoms with Crippen LogP contribution in [0.4, 0.5) is 4.79 Å². The van der Waals surface area contributed by atoms with Gasteiger partial charge in [0, 0.05) is 0 Å². The van der Waals surface area contributed by atoms with Gasteiger partial charge in [0.25, 0.3) is 0 Å². The first-order valence-corrected chi connectivity index (χ1v) is 10.4. The average Bonchev–Trinajstić information content (AvgIpc) is 2.75. The molecule has 0 unspecified atom stereocenters. The molecule has 29 heavy (non-hydrogen) atoms. The van der Waals surface area contributed by atoms with Gasteiger partial charge in [-0.3, -0.25) is 0 Å². The van der Waals surface area contributed by atoms with Gasteiger partial charge in [0.2, 0.25) is 10.0 Å². The Morgan fingerprint density at radius 1 is 0.897 bits per heavy atom. The maximum Gasteiger partial charge on any atom is 0.408 e. The van der Waals surface area contributed by atoms with Crippen LogP contribution in [0.5, 0.6) is 0 Å². The molecule has 3 N–H and O–H groups in total. The van der Waals surface area contributed by atoms with Gasteiger partial charge in [-0.1, -0.05) is 65.5 Å². The van der Waals surface area contributed by atoms with Gasteiger partial charge in [-0.05, 0) is 17.5 Å². The summed E-state index contributed by atoms with van der Waals surface area (Å²) >= 11 is 0. The van der Waals surface area contributed by atoms with Crippen LogP contribution in [0.15, 0.2) is 60.7 Å². The van der Waals surface area contributed by atoms with Crippen molar-refractivity contribution < 1.29 is 32.7 Å². The number of hydrogen-bond acceptors (Lipinski definition) is 7. The quantitative estimate of drug-likeness (QED) is 0.392. The second-order valence-electron chi connectivity index (χ2n) is 6.05. The normalized spacial score (nSPS) is 12.0. The maximum atomic E-state index is 12.4. The minimum absolute atomic E-state index is 0.0189. The second kappa shape index (κ2) is 11.1. The molecule has 0 bridgehead atoms. The third-order valence-corrected chi connectivity index (χ3v) is 4.88. The van der Waals surface area contributed by atoms with Gasteiger partial charge in [0.05, 0.1) is 5.75 Å². The van der Waals surface area contributed by atoms with E-state index in [-0.39, 0.29) is 19.6 Å². The molecule has 0 heterocycles. The van der Waals surface area contributed by atoms with Crippen molar-refractivity contribution in [3.63, 3.8) is 0 Å². The second-order valence-corrected chi connectivity index (χ2v) is 7.87. The standard InChI is InChI=1S/C19H22N2O7S/c22-18(27-13-15-7-3-1-4-8-15)17(11-12-29(25,26)21-24)20-19(23)28-14-16-9-5-2-6-10-16/h1-10,17,21,24H,11-14H2,(H,20,23)/t17-/m1/s1. The van der Waals surface area contributed by atoms with E-state index in [0.717, 1.165) is 11.1 Å². The lowest BCUT2D eigenvalue weighted by molar-refractivity contribution is -0.147. The summed E-state index contributed by atoms with van der Waals surface area (Å²) in [6.45, 7) is -0.0587. The Balaban J connectivity index is 1.95. The highest BCUT2D eigenvalue weighted by molar-refractivity contribution is 7.89. The van der Waals surface area contributed by atoms with Crippen molar-refractivity contribution in [2.24, 2.45) is 0 Å². The number of nitrogens with one attached hydrogen (secondary N) is 2. The van der Waals surface area contributed by atoms with Crippen LogP contribution in [0.2, 0.25) is 0 Å². The van der Waals surface area contributed by atoms with Crippen LogP contribution >= 0.6 is 0 Å². The number of benzene rings is 2. The molecule has 0 aliphatic heterocycles. The molecule has 0 aromatic heterocycles. The molecule has 2 aromatic carbocycles. The molecule has 2 aromatic rings. The molecule has 9 nitrogen and oxygen atoms in total. The summed E-state index contributed by atoms with van der Waals surface area (Å²) in [6, 6.07) is 16.5. The van der Waals surface area contributed by atoms with E-state index in [4.69, 9.17) is 14.7 Å². The molecule has 0 saturated heterocycles. The van der Waals surface area contributed by atoms with Crippen LogP contribution < -0.4 is 10.2 Å². The molecule has 10 heteroatoms. The third kappa shape index (κ3) is 8.30. The summed E-state index contributed by atoms with van der Waals surface area (Å²) < 4.78 is 33.1. The fourth-order valence-electron chi connectivity index (χ4n) is 2.30. The van der Waals surface area contributed by atoms with Crippen molar-refractivity contribution in [2.75, 3.05) is 5.75 Å². The Bertz CT molecular complexity index is 889. The van der Waals surface area contributed by atoms with Gasteiger partial charge in [0.1, 0.15) is 19.3 Å². The van der Waals surface area contributed by atoms with E-state index < -0.39 is 33.9 Å². The molecule has 0 radical (unpaired) electrons. The number of esters is 1. The number of ether oxygens (including phenoxy) is 2. The summed E-state index contributed by atoms with van der Waals surface area (Å²) in [5.41, 5.74) is 1.48.